The molecular weight excluding hydrogens is 286 g/mol. The molecule has 5 heteroatoms. The van der Waals surface area contributed by atoms with Gasteiger partial charge >= 0.3 is 5.97 Å². The van der Waals surface area contributed by atoms with Crippen molar-refractivity contribution in [3.8, 4) is 0 Å². The zero-order valence-electron chi connectivity index (χ0n) is 12.3. The third kappa shape index (κ3) is 3.19. The van der Waals surface area contributed by atoms with Crippen molar-refractivity contribution in [2.75, 3.05) is 23.8 Å². The molecule has 2 fully saturated rings. The fraction of sp³-hybridized carbons (Fsp3) is 0.562. The summed E-state index contributed by atoms with van der Waals surface area (Å²) < 4.78 is 11.6. The number of thioether (sulfide) groups is 1. The highest BCUT2D eigenvalue weighted by Gasteiger charge is 2.41. The molecule has 3 rings (SSSR count). The van der Waals surface area contributed by atoms with Gasteiger partial charge in [0.15, 0.2) is 0 Å². The fourth-order valence-electron chi connectivity index (χ4n) is 2.93. The molecule has 1 aromatic carbocycles. The molecule has 21 heavy (non-hydrogen) atoms. The smallest absolute Gasteiger partial charge is 0.338 e. The quantitative estimate of drug-likeness (QED) is 0.672. The number of rotatable bonds is 2. The Hall–Kier alpha value is -1.20. The molecule has 2 atom stereocenters. The first-order chi connectivity index (χ1) is 10.1. The number of carbonyl (C=O) groups excluding carboxylic acids is 1. The highest BCUT2D eigenvalue weighted by atomic mass is 32.2. The standard InChI is InChI=1S/C16H21NO3S/c1-11-2-3-12(8-14(11)17)15(18)20-13-4-6-19-16(9-13)5-7-21-10-16/h2-3,8,13H,4-7,9-10,17H2,1H3. The topological polar surface area (TPSA) is 61.5 Å². The van der Waals surface area contributed by atoms with E-state index in [-0.39, 0.29) is 17.7 Å². The summed E-state index contributed by atoms with van der Waals surface area (Å²) >= 11 is 1.92. The van der Waals surface area contributed by atoms with Crippen LogP contribution in [-0.4, -0.2) is 35.8 Å². The van der Waals surface area contributed by atoms with Crippen LogP contribution in [0.2, 0.25) is 0 Å². The van der Waals surface area contributed by atoms with Crippen LogP contribution in [0.3, 0.4) is 0 Å². The zero-order chi connectivity index (χ0) is 14.9. The number of benzene rings is 1. The van der Waals surface area contributed by atoms with Gasteiger partial charge in [0.25, 0.3) is 0 Å². The van der Waals surface area contributed by atoms with Gasteiger partial charge in [0.2, 0.25) is 0 Å². The molecule has 2 aliphatic heterocycles. The molecule has 114 valence electrons. The minimum Gasteiger partial charge on any atom is -0.459 e. The van der Waals surface area contributed by atoms with E-state index in [1.165, 1.54) is 0 Å². The van der Waals surface area contributed by atoms with E-state index in [0.717, 1.165) is 36.3 Å². The summed E-state index contributed by atoms with van der Waals surface area (Å²) in [6.45, 7) is 2.60. The van der Waals surface area contributed by atoms with Gasteiger partial charge in [-0.05, 0) is 36.8 Å². The molecule has 1 aromatic rings. The van der Waals surface area contributed by atoms with E-state index in [2.05, 4.69) is 0 Å². The summed E-state index contributed by atoms with van der Waals surface area (Å²) in [5.41, 5.74) is 7.91. The van der Waals surface area contributed by atoms with E-state index < -0.39 is 0 Å². The van der Waals surface area contributed by atoms with Crippen molar-refractivity contribution in [1.82, 2.24) is 0 Å². The Balaban J connectivity index is 1.65. The van der Waals surface area contributed by atoms with Crippen LogP contribution in [0, 0.1) is 6.92 Å². The minimum atomic E-state index is -0.283. The van der Waals surface area contributed by atoms with E-state index in [1.807, 2.05) is 24.8 Å². The van der Waals surface area contributed by atoms with E-state index in [4.69, 9.17) is 15.2 Å². The normalized spacial score (nSPS) is 28.7. The number of esters is 1. The number of aryl methyl sites for hydroxylation is 1. The zero-order valence-corrected chi connectivity index (χ0v) is 13.1. The van der Waals surface area contributed by atoms with E-state index in [0.29, 0.717) is 17.9 Å². The maximum Gasteiger partial charge on any atom is 0.338 e. The Bertz CT molecular complexity index is 540. The largest absolute Gasteiger partial charge is 0.459 e. The Morgan fingerprint density at radius 2 is 2.38 bits per heavy atom. The molecule has 4 nitrogen and oxygen atoms in total. The first kappa shape index (κ1) is 14.7. The van der Waals surface area contributed by atoms with Gasteiger partial charge in [0.05, 0.1) is 17.8 Å². The predicted octanol–water partition coefficient (Wildman–Crippen LogP) is 2.79. The van der Waals surface area contributed by atoms with Crippen LogP contribution in [0.15, 0.2) is 18.2 Å². The van der Waals surface area contributed by atoms with Crippen LogP contribution >= 0.6 is 11.8 Å². The van der Waals surface area contributed by atoms with Crippen LogP contribution in [-0.2, 0) is 9.47 Å². The molecule has 1 spiro atoms. The van der Waals surface area contributed by atoms with Crippen molar-refractivity contribution in [1.29, 1.82) is 0 Å². The van der Waals surface area contributed by atoms with Crippen LogP contribution in [0.25, 0.3) is 0 Å². The number of carbonyl (C=O) groups is 1. The lowest BCUT2D eigenvalue weighted by atomic mass is 9.91. The molecule has 0 bridgehead atoms. The van der Waals surface area contributed by atoms with Gasteiger partial charge in [-0.15, -0.1) is 0 Å². The first-order valence-electron chi connectivity index (χ1n) is 7.37. The van der Waals surface area contributed by atoms with Gasteiger partial charge in [-0.25, -0.2) is 4.79 Å². The monoisotopic (exact) mass is 307 g/mol. The van der Waals surface area contributed by atoms with Crippen molar-refractivity contribution in [3.63, 3.8) is 0 Å². The Labute approximate surface area is 129 Å². The molecule has 0 saturated carbocycles. The van der Waals surface area contributed by atoms with Gasteiger partial charge in [0.1, 0.15) is 6.10 Å². The van der Waals surface area contributed by atoms with Crippen molar-refractivity contribution in [2.24, 2.45) is 0 Å². The molecule has 2 unspecified atom stereocenters. The molecule has 0 amide bonds. The Morgan fingerprint density at radius 1 is 1.52 bits per heavy atom. The van der Waals surface area contributed by atoms with Crippen molar-refractivity contribution in [3.05, 3.63) is 29.3 Å². The maximum absolute atomic E-state index is 12.3. The molecular formula is C16H21NO3S. The first-order valence-corrected chi connectivity index (χ1v) is 8.52. The summed E-state index contributed by atoms with van der Waals surface area (Å²) in [6, 6.07) is 5.32. The molecule has 0 aliphatic carbocycles. The second-order valence-corrected chi connectivity index (χ2v) is 7.03. The third-order valence-corrected chi connectivity index (χ3v) is 5.53. The minimum absolute atomic E-state index is 0.0486. The summed E-state index contributed by atoms with van der Waals surface area (Å²) in [7, 11) is 0. The van der Waals surface area contributed by atoms with Gasteiger partial charge in [-0.2, -0.15) is 11.8 Å². The summed E-state index contributed by atoms with van der Waals surface area (Å²) in [4.78, 5) is 12.3. The summed E-state index contributed by atoms with van der Waals surface area (Å²) in [5, 5.41) is 0. The van der Waals surface area contributed by atoms with Crippen molar-refractivity contribution >= 4 is 23.4 Å². The second kappa shape index (κ2) is 5.89. The van der Waals surface area contributed by atoms with Crippen molar-refractivity contribution < 1.29 is 14.3 Å². The van der Waals surface area contributed by atoms with E-state index >= 15 is 0 Å². The maximum atomic E-state index is 12.3. The highest BCUT2D eigenvalue weighted by Crippen LogP contribution is 2.39. The summed E-state index contributed by atoms with van der Waals surface area (Å²) in [5.74, 6) is 1.86. The number of hydrogen-bond donors (Lipinski definition) is 1. The van der Waals surface area contributed by atoms with Crippen LogP contribution in [0.5, 0.6) is 0 Å². The molecule has 2 N–H and O–H groups in total. The van der Waals surface area contributed by atoms with Crippen LogP contribution in [0.4, 0.5) is 5.69 Å². The number of anilines is 1. The number of ether oxygens (including phenoxy) is 2. The summed E-state index contributed by atoms with van der Waals surface area (Å²) in [6.07, 6.45) is 2.60. The van der Waals surface area contributed by atoms with Crippen LogP contribution < -0.4 is 5.73 Å². The molecule has 0 aromatic heterocycles. The molecule has 2 saturated heterocycles. The van der Waals surface area contributed by atoms with Gasteiger partial charge < -0.3 is 15.2 Å². The Morgan fingerprint density at radius 3 is 3.10 bits per heavy atom. The van der Waals surface area contributed by atoms with E-state index in [1.54, 1.807) is 12.1 Å². The SMILES string of the molecule is Cc1ccc(C(=O)OC2CCOC3(CCSC3)C2)cc1N. The van der Waals surface area contributed by atoms with Gasteiger partial charge in [0, 0.05) is 24.3 Å². The molecule has 2 aliphatic rings. The number of nitrogens with two attached hydrogens (primary N) is 1. The Kier molecular flexibility index (Phi) is 4.13. The predicted molar refractivity (Wildman–Crippen MR) is 84.7 cm³/mol. The second-order valence-electron chi connectivity index (χ2n) is 5.93. The lowest BCUT2D eigenvalue weighted by Crippen LogP contribution is -2.43. The number of nitrogen functional groups attached to an aromatic ring is 1. The average molecular weight is 307 g/mol. The number of hydrogen-bond acceptors (Lipinski definition) is 5. The highest BCUT2D eigenvalue weighted by molar-refractivity contribution is 7.99. The average Bonchev–Trinajstić information content (AvgIpc) is 2.89. The molecule has 0 radical (unpaired) electrons. The fourth-order valence-corrected chi connectivity index (χ4v) is 4.31. The van der Waals surface area contributed by atoms with Gasteiger partial charge in [-0.3, -0.25) is 0 Å². The van der Waals surface area contributed by atoms with E-state index in [9.17, 15) is 4.79 Å². The van der Waals surface area contributed by atoms with Crippen molar-refractivity contribution in [2.45, 2.75) is 37.9 Å². The lowest BCUT2D eigenvalue weighted by molar-refractivity contribution is -0.106. The molecule has 2 heterocycles. The van der Waals surface area contributed by atoms with Crippen LogP contribution in [0.1, 0.15) is 35.2 Å². The third-order valence-electron chi connectivity index (χ3n) is 4.30. The van der Waals surface area contributed by atoms with Gasteiger partial charge in [-0.1, -0.05) is 6.07 Å². The lowest BCUT2D eigenvalue weighted by Gasteiger charge is -2.37.